The number of rotatable bonds is 6. The highest BCUT2D eigenvalue weighted by Crippen LogP contribution is 2.28. The van der Waals surface area contributed by atoms with E-state index in [2.05, 4.69) is 31.3 Å². The fourth-order valence-electron chi connectivity index (χ4n) is 3.24. The molecule has 0 bridgehead atoms. The van der Waals surface area contributed by atoms with E-state index in [0.717, 1.165) is 23.4 Å². The van der Waals surface area contributed by atoms with Crippen LogP contribution in [-0.4, -0.2) is 18.6 Å². The van der Waals surface area contributed by atoms with Crippen LogP contribution < -0.4 is 10.1 Å². The summed E-state index contributed by atoms with van der Waals surface area (Å²) in [5.74, 6) is 1.85. The van der Waals surface area contributed by atoms with Crippen molar-refractivity contribution in [1.82, 2.24) is 5.32 Å². The van der Waals surface area contributed by atoms with Gasteiger partial charge in [-0.3, -0.25) is 4.79 Å². The Balaban J connectivity index is 1.91. The number of amides is 1. The van der Waals surface area contributed by atoms with Gasteiger partial charge in [-0.15, -0.1) is 0 Å². The highest BCUT2D eigenvalue weighted by Gasteiger charge is 2.19. The van der Waals surface area contributed by atoms with Gasteiger partial charge in [0.1, 0.15) is 5.75 Å². The summed E-state index contributed by atoms with van der Waals surface area (Å²) >= 11 is 0. The number of carbonyl (C=O) groups excluding carboxylic acids is 1. The minimum atomic E-state index is -0.460. The van der Waals surface area contributed by atoms with Crippen LogP contribution in [0.4, 0.5) is 0 Å². The average Bonchev–Trinajstić information content (AvgIpc) is 2.53. The predicted octanol–water partition coefficient (Wildman–Crippen LogP) is 4.58. The zero-order valence-corrected chi connectivity index (χ0v) is 15.0. The summed E-state index contributed by atoms with van der Waals surface area (Å²) in [6.07, 6.45) is 5.96. The minimum Gasteiger partial charge on any atom is -0.481 e. The van der Waals surface area contributed by atoms with Gasteiger partial charge in [0.25, 0.3) is 5.91 Å². The van der Waals surface area contributed by atoms with Crippen LogP contribution in [0.5, 0.6) is 5.75 Å². The van der Waals surface area contributed by atoms with E-state index in [1.807, 2.05) is 19.9 Å². The van der Waals surface area contributed by atoms with Gasteiger partial charge < -0.3 is 10.1 Å². The molecule has 0 aromatic heterocycles. The smallest absolute Gasteiger partial charge is 0.260 e. The van der Waals surface area contributed by atoms with Crippen LogP contribution >= 0.6 is 0 Å². The fraction of sp³-hybridized carbons (Fsp3) is 0.650. The second-order valence-electron chi connectivity index (χ2n) is 7.21. The summed E-state index contributed by atoms with van der Waals surface area (Å²) in [4.78, 5) is 12.3. The van der Waals surface area contributed by atoms with Crippen LogP contribution in [0.3, 0.4) is 0 Å². The van der Waals surface area contributed by atoms with Crippen molar-refractivity contribution in [2.75, 3.05) is 6.54 Å². The molecule has 1 atom stereocenters. The van der Waals surface area contributed by atoms with Gasteiger partial charge in [-0.1, -0.05) is 45.2 Å². The molecule has 0 radical (unpaired) electrons. The maximum atomic E-state index is 12.3. The lowest BCUT2D eigenvalue weighted by Gasteiger charge is -2.23. The van der Waals surface area contributed by atoms with Gasteiger partial charge in [0.05, 0.1) is 0 Å². The van der Waals surface area contributed by atoms with Crippen LogP contribution in [0, 0.1) is 12.8 Å². The van der Waals surface area contributed by atoms with Crippen molar-refractivity contribution in [2.24, 2.45) is 5.92 Å². The maximum absolute atomic E-state index is 12.3. The largest absolute Gasteiger partial charge is 0.481 e. The molecular weight excluding hydrogens is 286 g/mol. The van der Waals surface area contributed by atoms with Gasteiger partial charge in [-0.25, -0.2) is 0 Å². The summed E-state index contributed by atoms with van der Waals surface area (Å²) in [5.41, 5.74) is 2.31. The lowest BCUT2D eigenvalue weighted by molar-refractivity contribution is -0.127. The number of hydrogen-bond acceptors (Lipinski definition) is 2. The summed E-state index contributed by atoms with van der Waals surface area (Å²) < 4.78 is 5.98. The van der Waals surface area contributed by atoms with E-state index >= 15 is 0 Å². The number of nitrogens with one attached hydrogen (secondary N) is 1. The predicted molar refractivity (Wildman–Crippen MR) is 94.9 cm³/mol. The summed E-state index contributed by atoms with van der Waals surface area (Å²) in [6.45, 7) is 8.96. The topological polar surface area (TPSA) is 38.3 Å². The number of carbonyl (C=O) groups is 1. The molecule has 3 heteroatoms. The molecule has 1 saturated carbocycles. The van der Waals surface area contributed by atoms with E-state index in [1.54, 1.807) is 0 Å². The highest BCUT2D eigenvalue weighted by atomic mass is 16.5. The Hall–Kier alpha value is -1.51. The van der Waals surface area contributed by atoms with E-state index in [1.165, 1.54) is 32.1 Å². The molecular formula is C20H31NO2. The number of ether oxygens (including phenoxy) is 1. The maximum Gasteiger partial charge on any atom is 0.260 e. The van der Waals surface area contributed by atoms with Crippen molar-refractivity contribution in [3.63, 3.8) is 0 Å². The molecule has 1 amide bonds. The molecule has 0 heterocycles. The molecule has 0 unspecified atom stereocenters. The Kier molecular flexibility index (Phi) is 6.49. The molecule has 1 fully saturated rings. The van der Waals surface area contributed by atoms with Crippen molar-refractivity contribution in [3.05, 3.63) is 29.3 Å². The van der Waals surface area contributed by atoms with Crippen LogP contribution in [0.2, 0.25) is 0 Å². The third-order valence-corrected chi connectivity index (χ3v) is 4.75. The first-order valence-electron chi connectivity index (χ1n) is 9.02. The lowest BCUT2D eigenvalue weighted by atomic mass is 9.89. The quantitative estimate of drug-likeness (QED) is 0.834. The van der Waals surface area contributed by atoms with Gasteiger partial charge in [0.2, 0.25) is 0 Å². The zero-order chi connectivity index (χ0) is 16.8. The molecule has 0 spiro atoms. The first-order chi connectivity index (χ1) is 11.0. The Morgan fingerprint density at radius 2 is 1.91 bits per heavy atom. The number of hydrogen-bond donors (Lipinski definition) is 1. The number of benzene rings is 1. The SMILES string of the molecule is Cc1ccc(C(C)C)c(O[C@H](C)C(=O)NCC2CCCCC2)c1. The molecule has 0 saturated heterocycles. The molecule has 1 aromatic carbocycles. The van der Waals surface area contributed by atoms with Crippen LogP contribution in [-0.2, 0) is 4.79 Å². The molecule has 2 rings (SSSR count). The van der Waals surface area contributed by atoms with Crippen molar-refractivity contribution < 1.29 is 9.53 Å². The van der Waals surface area contributed by atoms with Crippen molar-refractivity contribution >= 4 is 5.91 Å². The van der Waals surface area contributed by atoms with Gasteiger partial charge in [-0.05, 0) is 55.7 Å². The van der Waals surface area contributed by atoms with Crippen LogP contribution in [0.15, 0.2) is 18.2 Å². The molecule has 1 aliphatic carbocycles. The lowest BCUT2D eigenvalue weighted by Crippen LogP contribution is -2.39. The molecule has 1 aliphatic rings. The molecule has 23 heavy (non-hydrogen) atoms. The Morgan fingerprint density at radius 1 is 1.22 bits per heavy atom. The average molecular weight is 317 g/mol. The van der Waals surface area contributed by atoms with Gasteiger partial charge >= 0.3 is 0 Å². The van der Waals surface area contributed by atoms with E-state index < -0.39 is 6.10 Å². The molecule has 1 N–H and O–H groups in total. The van der Waals surface area contributed by atoms with Crippen LogP contribution in [0.25, 0.3) is 0 Å². The third kappa shape index (κ3) is 5.26. The van der Waals surface area contributed by atoms with E-state index in [0.29, 0.717) is 11.8 Å². The Labute approximate surface area is 140 Å². The first-order valence-corrected chi connectivity index (χ1v) is 9.02. The van der Waals surface area contributed by atoms with Crippen LogP contribution in [0.1, 0.15) is 69.9 Å². The van der Waals surface area contributed by atoms with Crippen molar-refractivity contribution in [3.8, 4) is 5.75 Å². The van der Waals surface area contributed by atoms with E-state index in [4.69, 9.17) is 4.74 Å². The fourth-order valence-corrected chi connectivity index (χ4v) is 3.24. The monoisotopic (exact) mass is 317 g/mol. The summed E-state index contributed by atoms with van der Waals surface area (Å²) in [7, 11) is 0. The second-order valence-corrected chi connectivity index (χ2v) is 7.21. The second kappa shape index (κ2) is 8.37. The molecule has 128 valence electrons. The van der Waals surface area contributed by atoms with Crippen molar-refractivity contribution in [1.29, 1.82) is 0 Å². The summed E-state index contributed by atoms with van der Waals surface area (Å²) in [6, 6.07) is 6.22. The molecule has 1 aromatic rings. The first kappa shape index (κ1) is 17.8. The standard InChI is InChI=1S/C20H31NO2/c1-14(2)18-11-10-15(3)12-19(18)23-16(4)20(22)21-13-17-8-6-5-7-9-17/h10-12,14,16-17H,5-9,13H2,1-4H3,(H,21,22)/t16-/m1/s1. The van der Waals surface area contributed by atoms with Gasteiger partial charge in [-0.2, -0.15) is 0 Å². The van der Waals surface area contributed by atoms with Gasteiger partial charge in [0.15, 0.2) is 6.10 Å². The summed E-state index contributed by atoms with van der Waals surface area (Å²) in [5, 5.41) is 3.07. The van der Waals surface area contributed by atoms with Crippen molar-refractivity contribution in [2.45, 2.75) is 71.8 Å². The normalized spacial score (nSPS) is 17.1. The van der Waals surface area contributed by atoms with E-state index in [-0.39, 0.29) is 5.91 Å². The molecule has 0 aliphatic heterocycles. The number of aryl methyl sites for hydroxylation is 1. The zero-order valence-electron chi connectivity index (χ0n) is 15.0. The van der Waals surface area contributed by atoms with Gasteiger partial charge in [0, 0.05) is 6.54 Å². The molecule has 3 nitrogen and oxygen atoms in total. The Morgan fingerprint density at radius 3 is 2.57 bits per heavy atom. The third-order valence-electron chi connectivity index (χ3n) is 4.75. The minimum absolute atomic E-state index is 0.00761. The van der Waals surface area contributed by atoms with E-state index in [9.17, 15) is 4.79 Å². The highest BCUT2D eigenvalue weighted by molar-refractivity contribution is 5.80. The Bertz CT molecular complexity index is 518.